The Morgan fingerprint density at radius 2 is 2.00 bits per heavy atom. The van der Waals surface area contributed by atoms with Crippen molar-refractivity contribution < 1.29 is 14.3 Å². The van der Waals surface area contributed by atoms with Crippen molar-refractivity contribution in [3.63, 3.8) is 0 Å². The van der Waals surface area contributed by atoms with E-state index >= 15 is 0 Å². The molecule has 1 rings (SSSR count). The first-order valence-corrected chi connectivity index (χ1v) is 6.89. The number of carbonyl (C=O) groups excluding carboxylic acids is 2. The zero-order chi connectivity index (χ0) is 15.5. The van der Waals surface area contributed by atoms with Gasteiger partial charge < -0.3 is 9.64 Å². The van der Waals surface area contributed by atoms with E-state index in [0.717, 1.165) is 5.56 Å². The number of carbonyl (C=O) groups is 2. The number of nitrogens with zero attached hydrogens (tertiary/aromatic N) is 1. The SMILES string of the molecule is C=CCCN(CC(=O)/C=C/C)C(=O)OCc1ccccc1. The molecule has 0 saturated carbocycles. The van der Waals surface area contributed by atoms with E-state index in [-0.39, 0.29) is 18.9 Å². The van der Waals surface area contributed by atoms with Crippen molar-refractivity contribution in [3.8, 4) is 0 Å². The van der Waals surface area contributed by atoms with E-state index in [2.05, 4.69) is 6.58 Å². The van der Waals surface area contributed by atoms with Crippen molar-refractivity contribution in [1.82, 2.24) is 4.90 Å². The highest BCUT2D eigenvalue weighted by Gasteiger charge is 2.16. The number of ketones is 1. The van der Waals surface area contributed by atoms with Gasteiger partial charge in [0.15, 0.2) is 5.78 Å². The molecular formula is C17H21NO3. The Kier molecular flexibility index (Phi) is 7.58. The summed E-state index contributed by atoms with van der Waals surface area (Å²) in [5.74, 6) is -0.127. The van der Waals surface area contributed by atoms with Gasteiger partial charge in [-0.2, -0.15) is 0 Å². The van der Waals surface area contributed by atoms with E-state index in [1.54, 1.807) is 19.1 Å². The Morgan fingerprint density at radius 1 is 1.29 bits per heavy atom. The van der Waals surface area contributed by atoms with Gasteiger partial charge >= 0.3 is 6.09 Å². The van der Waals surface area contributed by atoms with E-state index in [1.807, 2.05) is 30.3 Å². The molecule has 0 saturated heterocycles. The first-order valence-electron chi connectivity index (χ1n) is 6.89. The van der Waals surface area contributed by atoms with E-state index in [1.165, 1.54) is 11.0 Å². The number of hydrogen-bond acceptors (Lipinski definition) is 3. The molecule has 1 aromatic carbocycles. The fraction of sp³-hybridized carbons (Fsp3) is 0.294. The summed E-state index contributed by atoms with van der Waals surface area (Å²) in [6.07, 6.45) is 4.94. The predicted molar refractivity (Wildman–Crippen MR) is 82.8 cm³/mol. The Labute approximate surface area is 125 Å². The maximum atomic E-state index is 12.1. The van der Waals surface area contributed by atoms with Crippen molar-refractivity contribution in [1.29, 1.82) is 0 Å². The number of amides is 1. The van der Waals surface area contributed by atoms with E-state index < -0.39 is 6.09 Å². The third-order valence-electron chi connectivity index (χ3n) is 2.77. The van der Waals surface area contributed by atoms with Crippen LogP contribution in [0.2, 0.25) is 0 Å². The molecule has 112 valence electrons. The average Bonchev–Trinajstić information content (AvgIpc) is 2.50. The molecule has 4 heteroatoms. The standard InChI is InChI=1S/C17H21NO3/c1-3-5-12-18(13-16(19)9-4-2)17(20)21-14-15-10-7-6-8-11-15/h3-4,6-11H,1,5,12-14H2,2H3/b9-4+. The fourth-order valence-electron chi connectivity index (χ4n) is 1.72. The molecule has 1 amide bonds. The lowest BCUT2D eigenvalue weighted by atomic mass is 10.2. The Morgan fingerprint density at radius 3 is 2.62 bits per heavy atom. The van der Waals surface area contributed by atoms with Crippen LogP contribution in [-0.2, 0) is 16.1 Å². The topological polar surface area (TPSA) is 46.6 Å². The molecule has 0 heterocycles. The van der Waals surface area contributed by atoms with Crippen LogP contribution in [0, 0.1) is 0 Å². The predicted octanol–water partition coefficient (Wildman–Crippen LogP) is 3.35. The molecule has 0 aromatic heterocycles. The van der Waals surface area contributed by atoms with Gasteiger partial charge in [0.25, 0.3) is 0 Å². The number of rotatable bonds is 8. The van der Waals surface area contributed by atoms with Crippen molar-refractivity contribution in [2.45, 2.75) is 20.0 Å². The molecule has 0 aliphatic heterocycles. The van der Waals surface area contributed by atoms with Gasteiger partial charge in [-0.25, -0.2) is 4.79 Å². The smallest absolute Gasteiger partial charge is 0.410 e. The van der Waals surface area contributed by atoms with Crippen molar-refractivity contribution in [2.24, 2.45) is 0 Å². The van der Waals surface area contributed by atoms with Gasteiger partial charge in [-0.05, 0) is 25.0 Å². The summed E-state index contributed by atoms with van der Waals surface area (Å²) in [5.41, 5.74) is 0.911. The molecule has 0 aliphatic carbocycles. The fourth-order valence-corrected chi connectivity index (χ4v) is 1.72. The molecule has 0 spiro atoms. The minimum absolute atomic E-state index is 0.0196. The molecule has 1 aromatic rings. The summed E-state index contributed by atoms with van der Waals surface area (Å²) in [4.78, 5) is 25.1. The number of ether oxygens (including phenoxy) is 1. The highest BCUT2D eigenvalue weighted by molar-refractivity contribution is 5.93. The molecule has 0 bridgehead atoms. The van der Waals surface area contributed by atoms with Gasteiger partial charge in [-0.3, -0.25) is 4.79 Å². The lowest BCUT2D eigenvalue weighted by Gasteiger charge is -2.20. The third kappa shape index (κ3) is 6.56. The van der Waals surface area contributed by atoms with E-state index in [9.17, 15) is 9.59 Å². The van der Waals surface area contributed by atoms with Gasteiger partial charge in [-0.1, -0.05) is 42.5 Å². The quantitative estimate of drug-likeness (QED) is 0.544. The molecule has 0 atom stereocenters. The molecule has 0 aliphatic rings. The summed E-state index contributed by atoms with van der Waals surface area (Å²) in [6, 6.07) is 9.43. The third-order valence-corrected chi connectivity index (χ3v) is 2.77. The highest BCUT2D eigenvalue weighted by Crippen LogP contribution is 2.04. The Hall–Kier alpha value is -2.36. The van der Waals surface area contributed by atoms with E-state index in [0.29, 0.717) is 13.0 Å². The van der Waals surface area contributed by atoms with Crippen molar-refractivity contribution >= 4 is 11.9 Å². The number of benzene rings is 1. The second-order valence-corrected chi connectivity index (χ2v) is 4.51. The Bertz CT molecular complexity index is 494. The first kappa shape index (κ1) is 16.7. The summed E-state index contributed by atoms with van der Waals surface area (Å²) in [7, 11) is 0. The van der Waals surface area contributed by atoms with Gasteiger partial charge in [-0.15, -0.1) is 6.58 Å². The van der Waals surface area contributed by atoms with Gasteiger partial charge in [0.1, 0.15) is 6.61 Å². The van der Waals surface area contributed by atoms with E-state index in [4.69, 9.17) is 4.74 Å². The first-order chi connectivity index (χ1) is 10.2. The van der Waals surface area contributed by atoms with Crippen LogP contribution in [0.15, 0.2) is 55.1 Å². The second kappa shape index (κ2) is 9.53. The molecule has 4 nitrogen and oxygen atoms in total. The molecule has 0 fully saturated rings. The molecule has 21 heavy (non-hydrogen) atoms. The van der Waals surface area contributed by atoms with Crippen LogP contribution in [0.1, 0.15) is 18.9 Å². The normalized spacial score (nSPS) is 10.3. The highest BCUT2D eigenvalue weighted by atomic mass is 16.6. The lowest BCUT2D eigenvalue weighted by molar-refractivity contribution is -0.115. The van der Waals surface area contributed by atoms with Crippen LogP contribution in [0.5, 0.6) is 0 Å². The van der Waals surface area contributed by atoms with Gasteiger partial charge in [0.05, 0.1) is 6.54 Å². The maximum Gasteiger partial charge on any atom is 0.410 e. The lowest BCUT2D eigenvalue weighted by Crippen LogP contribution is -2.36. The summed E-state index contributed by atoms with van der Waals surface area (Å²) >= 11 is 0. The van der Waals surface area contributed by atoms with Crippen LogP contribution >= 0.6 is 0 Å². The molecule has 0 unspecified atom stereocenters. The van der Waals surface area contributed by atoms with Crippen LogP contribution in [0.4, 0.5) is 4.79 Å². The van der Waals surface area contributed by atoms with Crippen LogP contribution in [0.3, 0.4) is 0 Å². The largest absolute Gasteiger partial charge is 0.445 e. The van der Waals surface area contributed by atoms with Gasteiger partial charge in [0, 0.05) is 6.54 Å². The second-order valence-electron chi connectivity index (χ2n) is 4.51. The summed E-state index contributed by atoms with van der Waals surface area (Å²) in [5, 5.41) is 0. The minimum atomic E-state index is -0.487. The van der Waals surface area contributed by atoms with Crippen LogP contribution in [-0.4, -0.2) is 29.9 Å². The Balaban J connectivity index is 2.57. The number of hydrogen-bond donors (Lipinski definition) is 0. The van der Waals surface area contributed by atoms with Gasteiger partial charge in [0.2, 0.25) is 0 Å². The van der Waals surface area contributed by atoms with Crippen molar-refractivity contribution in [2.75, 3.05) is 13.1 Å². The number of allylic oxidation sites excluding steroid dienone is 1. The zero-order valence-corrected chi connectivity index (χ0v) is 12.3. The summed E-state index contributed by atoms with van der Waals surface area (Å²) in [6.45, 7) is 6.02. The minimum Gasteiger partial charge on any atom is -0.445 e. The summed E-state index contributed by atoms with van der Waals surface area (Å²) < 4.78 is 5.24. The molecular weight excluding hydrogens is 266 g/mol. The maximum absolute atomic E-state index is 12.1. The van der Waals surface area contributed by atoms with Crippen molar-refractivity contribution in [3.05, 3.63) is 60.7 Å². The van der Waals surface area contributed by atoms with Crippen LogP contribution < -0.4 is 0 Å². The monoisotopic (exact) mass is 287 g/mol. The average molecular weight is 287 g/mol. The van der Waals surface area contributed by atoms with Crippen LogP contribution in [0.25, 0.3) is 0 Å². The molecule has 0 radical (unpaired) electrons. The molecule has 0 N–H and O–H groups in total. The zero-order valence-electron chi connectivity index (χ0n) is 12.3.